The second kappa shape index (κ2) is 41.0. The predicted octanol–water partition coefficient (Wildman–Crippen LogP) is 14.3. The van der Waals surface area contributed by atoms with Crippen molar-refractivity contribution in [3.05, 3.63) is 49.0 Å². The maximum Gasteiger partial charge on any atom is 0.163 e. The van der Waals surface area contributed by atoms with Crippen molar-refractivity contribution in [2.45, 2.75) is 219 Å². The van der Waals surface area contributed by atoms with Crippen molar-refractivity contribution in [2.24, 2.45) is 0 Å². The normalized spacial score (nSPS) is 15.2. The molecule has 0 aromatic carbocycles. The Morgan fingerprint density at radius 3 is 1.39 bits per heavy atom. The molecule has 1 saturated heterocycles. The van der Waals surface area contributed by atoms with Crippen molar-refractivity contribution in [2.75, 3.05) is 39.6 Å². The minimum absolute atomic E-state index is 0.0286. The number of hydrogen-bond acceptors (Lipinski definition) is 6. The van der Waals surface area contributed by atoms with E-state index in [0.717, 1.165) is 30.8 Å². The fourth-order valence-electron chi connectivity index (χ4n) is 6.40. The molecule has 1 aliphatic rings. The van der Waals surface area contributed by atoms with Crippen LogP contribution in [-0.4, -0.2) is 56.6 Å². The van der Waals surface area contributed by atoms with Crippen LogP contribution in [0.25, 0.3) is 0 Å². The molecule has 0 aromatic rings. The first-order valence-corrected chi connectivity index (χ1v) is 22.8. The lowest BCUT2D eigenvalue weighted by atomic mass is 10.1. The molecule has 0 amide bonds. The number of aliphatic hydroxyl groups is 1. The highest BCUT2D eigenvalue weighted by atomic mass is 16.7. The Kier molecular flexibility index (Phi) is 39.8. The van der Waals surface area contributed by atoms with E-state index in [1.165, 1.54) is 161 Å². The van der Waals surface area contributed by atoms with Gasteiger partial charge in [0.2, 0.25) is 0 Å². The van der Waals surface area contributed by atoms with Gasteiger partial charge in [-0.2, -0.15) is 0 Å². The Balaban J connectivity index is 0.00000104. The summed E-state index contributed by atoms with van der Waals surface area (Å²) in [5.41, 5.74) is 0. The van der Waals surface area contributed by atoms with Crippen molar-refractivity contribution in [3.63, 3.8) is 0 Å². The summed E-state index contributed by atoms with van der Waals surface area (Å²) in [7, 11) is 0. The largest absolute Gasteiger partial charge is 0.496 e. The summed E-state index contributed by atoms with van der Waals surface area (Å²) in [4.78, 5) is 0. The van der Waals surface area contributed by atoms with Crippen LogP contribution in [0.5, 0.6) is 0 Å². The molecule has 6 heteroatoms. The predicted molar refractivity (Wildman–Crippen MR) is 232 cm³/mol. The Morgan fingerprint density at radius 1 is 0.574 bits per heavy atom. The molecule has 1 fully saturated rings. The fourth-order valence-corrected chi connectivity index (χ4v) is 6.40. The minimum Gasteiger partial charge on any atom is -0.496 e. The van der Waals surface area contributed by atoms with E-state index in [4.69, 9.17) is 28.8 Å². The number of allylic oxidation sites excluding steroid dienone is 6. The molecule has 1 heterocycles. The molecule has 1 aliphatic heterocycles. The molecule has 1 unspecified atom stereocenters. The number of rotatable bonds is 39. The van der Waals surface area contributed by atoms with Crippen LogP contribution in [0.15, 0.2) is 49.0 Å². The van der Waals surface area contributed by atoms with Crippen LogP contribution in [0.4, 0.5) is 0 Å². The van der Waals surface area contributed by atoms with E-state index in [9.17, 15) is 0 Å². The third-order valence-electron chi connectivity index (χ3n) is 9.74. The van der Waals surface area contributed by atoms with E-state index in [1.807, 2.05) is 13.8 Å². The monoisotopic (exact) mass is 763 g/mol. The van der Waals surface area contributed by atoms with Gasteiger partial charge in [0.1, 0.15) is 19.3 Å². The Morgan fingerprint density at radius 2 is 0.981 bits per heavy atom. The number of ether oxygens (including phenoxy) is 5. The molecule has 0 aliphatic carbocycles. The first kappa shape index (κ1) is 52.4. The second-order valence-corrected chi connectivity index (χ2v) is 15.7. The van der Waals surface area contributed by atoms with Gasteiger partial charge in [0.05, 0.1) is 37.9 Å². The van der Waals surface area contributed by atoms with Crippen molar-refractivity contribution in [3.8, 4) is 0 Å². The number of unbranched alkanes of at least 4 members (excludes halogenated alkanes) is 22. The SMILES string of the molecule is C=C(CCCCCCC/C=C\CCCCCCCC)OCC1COC(C)(C)O1.C=C(CCCCCCC/C=C\CCCCCCCC)OCCOCCO. The first-order chi connectivity index (χ1) is 26.3. The van der Waals surface area contributed by atoms with Crippen LogP contribution in [0.3, 0.4) is 0 Å². The van der Waals surface area contributed by atoms with Crippen LogP contribution in [0.1, 0.15) is 207 Å². The highest BCUT2D eigenvalue weighted by molar-refractivity contribution is 4.85. The Hall–Kier alpha value is -1.60. The highest BCUT2D eigenvalue weighted by Crippen LogP contribution is 2.23. The summed E-state index contributed by atoms with van der Waals surface area (Å²) in [5.74, 6) is 1.26. The van der Waals surface area contributed by atoms with Gasteiger partial charge in [-0.15, -0.1) is 0 Å². The smallest absolute Gasteiger partial charge is 0.163 e. The zero-order chi connectivity index (χ0) is 39.6. The van der Waals surface area contributed by atoms with Gasteiger partial charge in [-0.1, -0.05) is 154 Å². The van der Waals surface area contributed by atoms with Gasteiger partial charge in [0, 0.05) is 12.8 Å². The third-order valence-corrected chi connectivity index (χ3v) is 9.74. The first-order valence-electron chi connectivity index (χ1n) is 22.8. The van der Waals surface area contributed by atoms with Crippen LogP contribution in [0, 0.1) is 0 Å². The standard InChI is InChI=1S/C25H46O3.C23H44O3/c1-5-6-7-8-9-10-11-12-13-14-15-16-17-18-19-20-23(2)26-21-24-22-27-25(3,4)28-24;1-3-4-5-6-7-8-9-10-11-12-13-14-15-16-17-18-23(2)26-22-21-25-20-19-24/h12-13,24H,2,5-11,14-22H2,1,3-4H3;10-11,24H,2-9,12-22H2,1H3/b13-12-;11-10-. The molecule has 0 radical (unpaired) electrons. The fraction of sp³-hybridized carbons (Fsp3) is 0.833. The Labute approximate surface area is 335 Å². The molecule has 1 atom stereocenters. The molecule has 0 saturated carbocycles. The van der Waals surface area contributed by atoms with Crippen molar-refractivity contribution in [1.82, 2.24) is 0 Å². The molecule has 1 rings (SSSR count). The summed E-state index contributed by atoms with van der Waals surface area (Å²) in [5, 5.41) is 8.59. The van der Waals surface area contributed by atoms with E-state index < -0.39 is 5.79 Å². The maximum absolute atomic E-state index is 8.59. The van der Waals surface area contributed by atoms with Crippen molar-refractivity contribution >= 4 is 0 Å². The van der Waals surface area contributed by atoms with E-state index in [0.29, 0.717) is 33.0 Å². The van der Waals surface area contributed by atoms with Crippen LogP contribution >= 0.6 is 0 Å². The zero-order valence-corrected chi connectivity index (χ0v) is 36.3. The summed E-state index contributed by atoms with van der Waals surface area (Å²) < 4.78 is 27.6. The molecular formula is C48H90O6. The van der Waals surface area contributed by atoms with Gasteiger partial charge in [-0.05, 0) is 78.1 Å². The van der Waals surface area contributed by atoms with E-state index >= 15 is 0 Å². The van der Waals surface area contributed by atoms with Crippen LogP contribution in [-0.2, 0) is 23.7 Å². The third kappa shape index (κ3) is 40.1. The molecule has 0 bridgehead atoms. The molecule has 1 N–H and O–H groups in total. The van der Waals surface area contributed by atoms with Gasteiger partial charge < -0.3 is 28.8 Å². The van der Waals surface area contributed by atoms with Crippen molar-refractivity contribution in [1.29, 1.82) is 0 Å². The minimum atomic E-state index is -0.473. The lowest BCUT2D eigenvalue weighted by molar-refractivity contribution is -0.143. The van der Waals surface area contributed by atoms with Gasteiger partial charge >= 0.3 is 0 Å². The van der Waals surface area contributed by atoms with Gasteiger partial charge in [0.15, 0.2) is 5.79 Å². The van der Waals surface area contributed by atoms with E-state index in [2.05, 4.69) is 51.3 Å². The number of aliphatic hydroxyl groups excluding tert-OH is 1. The lowest BCUT2D eigenvalue weighted by Gasteiger charge is -2.17. The quantitative estimate of drug-likeness (QED) is 0.0382. The van der Waals surface area contributed by atoms with Crippen molar-refractivity contribution < 1.29 is 28.8 Å². The van der Waals surface area contributed by atoms with Gasteiger partial charge in [-0.25, -0.2) is 0 Å². The second-order valence-electron chi connectivity index (χ2n) is 15.7. The molecular weight excluding hydrogens is 673 g/mol. The molecule has 0 aromatic heterocycles. The molecule has 318 valence electrons. The van der Waals surface area contributed by atoms with E-state index in [1.54, 1.807) is 0 Å². The van der Waals surface area contributed by atoms with Crippen LogP contribution in [0.2, 0.25) is 0 Å². The number of hydrogen-bond donors (Lipinski definition) is 1. The topological polar surface area (TPSA) is 66.4 Å². The average molecular weight is 763 g/mol. The van der Waals surface area contributed by atoms with Crippen LogP contribution < -0.4 is 0 Å². The Bertz CT molecular complexity index is 865. The maximum atomic E-state index is 8.59. The summed E-state index contributed by atoms with van der Waals surface area (Å²) in [6.45, 7) is 19.0. The van der Waals surface area contributed by atoms with E-state index in [-0.39, 0.29) is 12.7 Å². The summed E-state index contributed by atoms with van der Waals surface area (Å²) in [6, 6.07) is 0. The zero-order valence-electron chi connectivity index (χ0n) is 36.3. The average Bonchev–Trinajstić information content (AvgIpc) is 3.52. The van der Waals surface area contributed by atoms with Gasteiger partial charge in [-0.3, -0.25) is 0 Å². The molecule has 54 heavy (non-hydrogen) atoms. The molecule has 0 spiro atoms. The summed E-state index contributed by atoms with van der Waals surface area (Å²) >= 11 is 0. The lowest BCUT2D eigenvalue weighted by Crippen LogP contribution is -2.23. The highest BCUT2D eigenvalue weighted by Gasteiger charge is 2.32. The summed E-state index contributed by atoms with van der Waals surface area (Å²) in [6.07, 6.45) is 45.9. The van der Waals surface area contributed by atoms with Gasteiger partial charge in [0.25, 0.3) is 0 Å². The molecule has 6 nitrogen and oxygen atoms in total.